The number of para-hydroxylation sites is 2. The zero-order chi connectivity index (χ0) is 35.4. The molecule has 0 spiro atoms. The molecule has 0 fully saturated rings. The van der Waals surface area contributed by atoms with Crippen molar-refractivity contribution >= 4 is 68.3 Å². The molecule has 4 aliphatic rings. The molecule has 0 bridgehead atoms. The Morgan fingerprint density at radius 1 is 0.566 bits per heavy atom. The summed E-state index contributed by atoms with van der Waals surface area (Å²) in [6.07, 6.45) is 9.07. The first-order chi connectivity index (χ1) is 26.0. The Morgan fingerprint density at radius 3 is 1.98 bits per heavy atom. The van der Waals surface area contributed by atoms with Gasteiger partial charge in [0, 0.05) is 40.3 Å². The molecule has 260 valence electrons. The highest BCUT2D eigenvalue weighted by atomic mass is 16.4. The SMILES string of the molecule is CC(C)(C)c1cc2c3c(c1)N(c1cccc4ccccc14)c1c(c4c(n1-c1ccccc1)CCCC4)B3c1c(oc3c1CCCC3)N2c1ccccc1. The van der Waals surface area contributed by atoms with Crippen LogP contribution in [0.5, 0.6) is 0 Å². The Hall–Kier alpha value is -5.42. The van der Waals surface area contributed by atoms with Crippen LogP contribution in [0.4, 0.5) is 34.5 Å². The van der Waals surface area contributed by atoms with Gasteiger partial charge in [0.25, 0.3) is 6.71 Å². The number of fused-ring (bicyclic) bond motifs is 9. The van der Waals surface area contributed by atoms with Crippen molar-refractivity contribution in [3.05, 3.63) is 143 Å². The molecule has 4 nitrogen and oxygen atoms in total. The van der Waals surface area contributed by atoms with E-state index in [1.165, 1.54) is 104 Å². The lowest BCUT2D eigenvalue weighted by Crippen LogP contribution is -2.62. The molecule has 2 aliphatic carbocycles. The number of hydrogen-bond donors (Lipinski definition) is 0. The van der Waals surface area contributed by atoms with Crippen LogP contribution in [-0.4, -0.2) is 11.3 Å². The largest absolute Gasteiger partial charge is 0.445 e. The Kier molecular flexibility index (Phi) is 6.78. The van der Waals surface area contributed by atoms with Crippen molar-refractivity contribution in [2.75, 3.05) is 9.80 Å². The minimum absolute atomic E-state index is 0.0765. The van der Waals surface area contributed by atoms with Crippen LogP contribution >= 0.6 is 0 Å². The first kappa shape index (κ1) is 31.1. The van der Waals surface area contributed by atoms with Gasteiger partial charge in [-0.05, 0) is 131 Å². The zero-order valence-electron chi connectivity index (χ0n) is 31.0. The summed E-state index contributed by atoms with van der Waals surface area (Å²) >= 11 is 0. The third-order valence-electron chi connectivity index (χ3n) is 12.5. The van der Waals surface area contributed by atoms with Crippen LogP contribution in [0.2, 0.25) is 0 Å². The molecule has 5 aromatic carbocycles. The van der Waals surface area contributed by atoms with Gasteiger partial charge in [-0.2, -0.15) is 0 Å². The van der Waals surface area contributed by atoms with E-state index < -0.39 is 0 Å². The van der Waals surface area contributed by atoms with E-state index in [9.17, 15) is 0 Å². The third kappa shape index (κ3) is 4.49. The average molecular weight is 690 g/mol. The van der Waals surface area contributed by atoms with E-state index in [2.05, 4.69) is 150 Å². The minimum Gasteiger partial charge on any atom is -0.445 e. The highest BCUT2D eigenvalue weighted by molar-refractivity contribution is 7.00. The topological polar surface area (TPSA) is 24.6 Å². The Balaban J connectivity index is 1.35. The van der Waals surface area contributed by atoms with Crippen LogP contribution in [0.25, 0.3) is 16.5 Å². The van der Waals surface area contributed by atoms with Crippen LogP contribution in [0, 0.1) is 0 Å². The molecule has 0 saturated carbocycles. The fourth-order valence-electron chi connectivity index (χ4n) is 10.1. The van der Waals surface area contributed by atoms with Crippen LogP contribution in [-0.2, 0) is 31.1 Å². The Bertz CT molecular complexity index is 2570. The molecule has 2 aromatic heterocycles. The fraction of sp³-hybridized carbons (Fsp3) is 0.250. The smallest absolute Gasteiger partial charge is 0.259 e. The standard InChI is InChI=1S/C48H44BN3O/c1-48(2,3)32-29-40-45-41(30-32)52(38-27-16-18-31-17-10-11-23-35(31)38)46-43(36-24-12-14-26-39(36)50(46)33-19-6-4-7-20-33)49(45)44-37-25-13-15-28-42(37)53-47(44)51(40)34-21-8-5-9-22-34/h4-11,16-23,27,29-30H,12-15,24-26,28H2,1-3H3. The van der Waals surface area contributed by atoms with Gasteiger partial charge < -0.3 is 8.98 Å². The summed E-state index contributed by atoms with van der Waals surface area (Å²) in [5.74, 6) is 3.53. The zero-order valence-corrected chi connectivity index (χ0v) is 31.0. The Labute approximate surface area is 312 Å². The van der Waals surface area contributed by atoms with E-state index >= 15 is 0 Å². The first-order valence-corrected chi connectivity index (χ1v) is 19.7. The fourth-order valence-corrected chi connectivity index (χ4v) is 10.1. The Morgan fingerprint density at radius 2 is 1.21 bits per heavy atom. The summed E-state index contributed by atoms with van der Waals surface area (Å²) in [4.78, 5) is 5.15. The van der Waals surface area contributed by atoms with Crippen molar-refractivity contribution in [3.63, 3.8) is 0 Å². The molecule has 0 N–H and O–H groups in total. The number of aryl methyl sites for hydroxylation is 1. The maximum absolute atomic E-state index is 7.20. The summed E-state index contributed by atoms with van der Waals surface area (Å²) in [6.45, 7) is 7.14. The maximum atomic E-state index is 7.20. The second-order valence-corrected chi connectivity index (χ2v) is 16.6. The third-order valence-corrected chi connectivity index (χ3v) is 12.5. The summed E-state index contributed by atoms with van der Waals surface area (Å²) in [7, 11) is 0. The van der Waals surface area contributed by atoms with Crippen molar-refractivity contribution in [3.8, 4) is 5.69 Å². The van der Waals surface area contributed by atoms with Crippen molar-refractivity contribution in [2.45, 2.75) is 77.6 Å². The van der Waals surface area contributed by atoms with Gasteiger partial charge >= 0.3 is 0 Å². The molecular formula is C48H44BN3O. The predicted octanol–water partition coefficient (Wildman–Crippen LogP) is 10.4. The van der Waals surface area contributed by atoms with E-state index in [1.54, 1.807) is 5.56 Å². The number of aromatic nitrogens is 1. The number of hydrogen-bond acceptors (Lipinski definition) is 3. The molecule has 0 radical (unpaired) electrons. The van der Waals surface area contributed by atoms with Gasteiger partial charge in [-0.25, -0.2) is 0 Å². The highest BCUT2D eigenvalue weighted by Gasteiger charge is 2.51. The van der Waals surface area contributed by atoms with Gasteiger partial charge in [0.15, 0.2) is 5.88 Å². The van der Waals surface area contributed by atoms with Crippen molar-refractivity contribution in [1.82, 2.24) is 4.57 Å². The van der Waals surface area contributed by atoms with Crippen LogP contribution in [0.15, 0.2) is 120 Å². The van der Waals surface area contributed by atoms with Crippen LogP contribution in [0.1, 0.15) is 74.6 Å². The van der Waals surface area contributed by atoms with E-state index in [4.69, 9.17) is 4.42 Å². The normalized spacial score (nSPS) is 15.9. The predicted molar refractivity (Wildman–Crippen MR) is 222 cm³/mol. The van der Waals surface area contributed by atoms with Gasteiger partial charge in [0.1, 0.15) is 11.6 Å². The highest BCUT2D eigenvalue weighted by Crippen LogP contribution is 2.50. The van der Waals surface area contributed by atoms with Crippen LogP contribution in [0.3, 0.4) is 0 Å². The molecule has 0 unspecified atom stereocenters. The number of nitrogens with zero attached hydrogens (tertiary/aromatic N) is 3. The van der Waals surface area contributed by atoms with E-state index in [0.29, 0.717) is 0 Å². The van der Waals surface area contributed by atoms with Gasteiger partial charge in [-0.3, -0.25) is 9.80 Å². The van der Waals surface area contributed by atoms with Gasteiger partial charge in [-0.15, -0.1) is 0 Å². The molecule has 0 amide bonds. The average Bonchev–Trinajstić information content (AvgIpc) is 3.74. The van der Waals surface area contributed by atoms with Crippen molar-refractivity contribution in [2.24, 2.45) is 0 Å². The summed E-state index contributed by atoms with van der Waals surface area (Å²) in [5, 5.41) is 2.53. The molecule has 0 saturated heterocycles. The van der Waals surface area contributed by atoms with Crippen molar-refractivity contribution in [1.29, 1.82) is 0 Å². The molecule has 7 aromatic rings. The first-order valence-electron chi connectivity index (χ1n) is 19.7. The second-order valence-electron chi connectivity index (χ2n) is 16.6. The monoisotopic (exact) mass is 689 g/mol. The van der Waals surface area contributed by atoms with Gasteiger partial charge in [-0.1, -0.05) is 93.6 Å². The minimum atomic E-state index is -0.0859. The number of anilines is 6. The van der Waals surface area contributed by atoms with Crippen molar-refractivity contribution < 1.29 is 4.42 Å². The summed E-state index contributed by atoms with van der Waals surface area (Å²) in [6, 6.07) is 43.0. The van der Waals surface area contributed by atoms with Crippen LogP contribution < -0.4 is 26.2 Å². The van der Waals surface area contributed by atoms with Gasteiger partial charge in [0.2, 0.25) is 0 Å². The lowest BCUT2D eigenvalue weighted by atomic mass is 9.32. The molecular weight excluding hydrogens is 645 g/mol. The number of rotatable bonds is 3. The lowest BCUT2D eigenvalue weighted by molar-refractivity contribution is 0.484. The van der Waals surface area contributed by atoms with E-state index in [1.807, 2.05) is 0 Å². The number of furan rings is 1. The second kappa shape index (κ2) is 11.5. The summed E-state index contributed by atoms with van der Waals surface area (Å²) in [5.41, 5.74) is 16.2. The molecule has 2 aliphatic heterocycles. The number of benzene rings is 5. The molecule has 0 atom stereocenters. The molecule has 11 rings (SSSR count). The van der Waals surface area contributed by atoms with Gasteiger partial charge in [0.05, 0.1) is 5.69 Å². The lowest BCUT2D eigenvalue weighted by Gasteiger charge is -2.43. The van der Waals surface area contributed by atoms with E-state index in [0.717, 1.165) is 37.3 Å². The molecule has 4 heterocycles. The quantitative estimate of drug-likeness (QED) is 0.173. The molecule has 53 heavy (non-hydrogen) atoms. The van der Waals surface area contributed by atoms with E-state index in [-0.39, 0.29) is 12.1 Å². The summed E-state index contributed by atoms with van der Waals surface area (Å²) < 4.78 is 9.86. The molecule has 5 heteroatoms. The maximum Gasteiger partial charge on any atom is 0.259 e.